The Morgan fingerprint density at radius 3 is 2.75 bits per heavy atom. The fourth-order valence-electron chi connectivity index (χ4n) is 1.93. The van der Waals surface area contributed by atoms with E-state index in [0.29, 0.717) is 16.8 Å². The van der Waals surface area contributed by atoms with Crippen molar-refractivity contribution < 1.29 is 19.7 Å². The number of hydrogen-bond acceptors (Lipinski definition) is 5. The summed E-state index contributed by atoms with van der Waals surface area (Å²) in [6.45, 7) is 1.78. The lowest BCUT2D eigenvalue weighted by molar-refractivity contribution is -0.159. The molecular weight excluding hydrogens is 260 g/mol. The van der Waals surface area contributed by atoms with Crippen molar-refractivity contribution in [2.45, 2.75) is 19.1 Å². The second kappa shape index (κ2) is 6.31. The van der Waals surface area contributed by atoms with E-state index in [-0.39, 0.29) is 6.61 Å². The van der Waals surface area contributed by atoms with Crippen LogP contribution in [0.5, 0.6) is 0 Å². The van der Waals surface area contributed by atoms with E-state index in [1.54, 1.807) is 43.5 Å². The maximum absolute atomic E-state index is 11.5. The van der Waals surface area contributed by atoms with E-state index in [9.17, 15) is 15.0 Å². The average molecular weight is 276 g/mol. The van der Waals surface area contributed by atoms with Gasteiger partial charge in [0.05, 0.1) is 12.3 Å². The van der Waals surface area contributed by atoms with Crippen LogP contribution in [0, 0.1) is 0 Å². The van der Waals surface area contributed by atoms with Crippen LogP contribution >= 0.6 is 0 Å². The molecule has 2 aromatic rings. The zero-order chi connectivity index (χ0) is 14.5. The van der Waals surface area contributed by atoms with Crippen LogP contribution in [0.3, 0.4) is 0 Å². The number of aromatic amines is 1. The molecule has 20 heavy (non-hydrogen) atoms. The van der Waals surface area contributed by atoms with E-state index in [4.69, 9.17) is 4.74 Å². The number of benzene rings is 1. The number of carbonyl (C=O) groups excluding carboxylic acids is 1. The fourth-order valence-corrected chi connectivity index (χ4v) is 1.93. The smallest absolute Gasteiger partial charge is 0.338 e. The zero-order valence-corrected chi connectivity index (χ0v) is 11.0. The molecule has 0 radical (unpaired) electrons. The quantitative estimate of drug-likeness (QED) is 0.709. The molecule has 0 spiro atoms. The predicted octanol–water partition coefficient (Wildman–Crippen LogP) is 1.03. The molecule has 0 fully saturated rings. The summed E-state index contributed by atoms with van der Waals surface area (Å²) in [5.74, 6) is -0.848. The molecule has 2 rings (SSSR count). The molecule has 0 saturated heterocycles. The number of nitrogens with zero attached hydrogens (tertiary/aromatic N) is 1. The molecule has 1 aromatic carbocycles. The largest absolute Gasteiger partial charge is 0.464 e. The Bertz CT molecular complexity index is 568. The average Bonchev–Trinajstić information content (AvgIpc) is 3.00. The highest BCUT2D eigenvalue weighted by atomic mass is 16.5. The number of aliphatic hydroxyl groups excluding tert-OH is 2. The molecule has 3 N–H and O–H groups in total. The lowest BCUT2D eigenvalue weighted by atomic mass is 9.97. The molecule has 6 heteroatoms. The van der Waals surface area contributed by atoms with Gasteiger partial charge in [0.2, 0.25) is 0 Å². The Hall–Kier alpha value is -2.18. The Labute approximate surface area is 116 Å². The van der Waals surface area contributed by atoms with Crippen molar-refractivity contribution in [3.8, 4) is 11.3 Å². The minimum Gasteiger partial charge on any atom is -0.464 e. The van der Waals surface area contributed by atoms with Gasteiger partial charge < -0.3 is 14.9 Å². The number of carbonyl (C=O) groups is 1. The van der Waals surface area contributed by atoms with Crippen molar-refractivity contribution in [2.75, 3.05) is 6.61 Å². The molecule has 1 aromatic heterocycles. The van der Waals surface area contributed by atoms with Crippen LogP contribution in [0.4, 0.5) is 0 Å². The van der Waals surface area contributed by atoms with Crippen molar-refractivity contribution in [3.63, 3.8) is 0 Å². The summed E-state index contributed by atoms with van der Waals surface area (Å²) in [6, 6.07) is 8.66. The first-order valence-corrected chi connectivity index (χ1v) is 6.26. The number of H-pyrrole nitrogens is 1. The second-order valence-electron chi connectivity index (χ2n) is 4.20. The van der Waals surface area contributed by atoms with Crippen molar-refractivity contribution in [1.29, 1.82) is 0 Å². The van der Waals surface area contributed by atoms with Crippen LogP contribution in [-0.4, -0.2) is 39.1 Å². The summed E-state index contributed by atoms with van der Waals surface area (Å²) in [5.41, 5.74) is 1.79. The van der Waals surface area contributed by atoms with Crippen LogP contribution in [-0.2, 0) is 9.53 Å². The highest BCUT2D eigenvalue weighted by Gasteiger charge is 2.28. The fraction of sp³-hybridized carbons (Fsp3) is 0.286. The Balaban J connectivity index is 2.31. The number of nitrogens with one attached hydrogen (secondary N) is 1. The van der Waals surface area contributed by atoms with Crippen LogP contribution in [0.15, 0.2) is 36.5 Å². The molecule has 6 nitrogen and oxygen atoms in total. The minimum absolute atomic E-state index is 0.144. The van der Waals surface area contributed by atoms with Gasteiger partial charge in [0.15, 0.2) is 6.10 Å². The summed E-state index contributed by atoms with van der Waals surface area (Å²) in [5, 5.41) is 26.7. The van der Waals surface area contributed by atoms with E-state index in [1.165, 1.54) is 0 Å². The molecule has 1 heterocycles. The highest BCUT2D eigenvalue weighted by molar-refractivity contribution is 5.76. The topological polar surface area (TPSA) is 95.4 Å². The molecule has 0 amide bonds. The normalized spacial score (nSPS) is 13.8. The number of esters is 1. The predicted molar refractivity (Wildman–Crippen MR) is 71.6 cm³/mol. The number of hydrogen-bond donors (Lipinski definition) is 3. The Kier molecular flexibility index (Phi) is 4.49. The molecule has 0 aliphatic rings. The summed E-state index contributed by atoms with van der Waals surface area (Å²) in [4.78, 5) is 11.5. The standard InChI is InChI=1S/C14H16N2O4/c1-2-20-14(19)13(18)12(17)10-6-4-3-5-9(10)11-7-8-15-16-11/h3-8,12-13,17-18H,2H2,1H3,(H,15,16). The monoisotopic (exact) mass is 276 g/mol. The van der Waals surface area contributed by atoms with Crippen molar-refractivity contribution in [1.82, 2.24) is 10.2 Å². The highest BCUT2D eigenvalue weighted by Crippen LogP contribution is 2.28. The van der Waals surface area contributed by atoms with Crippen molar-refractivity contribution in [2.24, 2.45) is 0 Å². The van der Waals surface area contributed by atoms with Crippen molar-refractivity contribution in [3.05, 3.63) is 42.1 Å². The Morgan fingerprint density at radius 1 is 1.35 bits per heavy atom. The molecule has 2 atom stereocenters. The molecule has 2 unspecified atom stereocenters. The molecule has 0 aliphatic carbocycles. The SMILES string of the molecule is CCOC(=O)C(O)C(O)c1ccccc1-c1ccn[nH]1. The van der Waals surface area contributed by atoms with Gasteiger partial charge in [-0.2, -0.15) is 5.10 Å². The molecule has 0 saturated carbocycles. The van der Waals surface area contributed by atoms with Crippen molar-refractivity contribution >= 4 is 5.97 Å². The Morgan fingerprint density at radius 2 is 2.10 bits per heavy atom. The third kappa shape index (κ3) is 2.87. The second-order valence-corrected chi connectivity index (χ2v) is 4.20. The first-order chi connectivity index (χ1) is 9.65. The van der Waals surface area contributed by atoms with E-state index in [2.05, 4.69) is 10.2 Å². The number of aliphatic hydroxyl groups is 2. The molecule has 106 valence electrons. The van der Waals surface area contributed by atoms with Gasteiger partial charge in [0.25, 0.3) is 0 Å². The van der Waals surface area contributed by atoms with Gasteiger partial charge in [0.1, 0.15) is 6.10 Å². The van der Waals surface area contributed by atoms with E-state index < -0.39 is 18.2 Å². The van der Waals surface area contributed by atoms with Gasteiger partial charge in [-0.05, 0) is 18.6 Å². The zero-order valence-electron chi connectivity index (χ0n) is 11.0. The number of rotatable bonds is 5. The summed E-state index contributed by atoms with van der Waals surface area (Å²) >= 11 is 0. The summed E-state index contributed by atoms with van der Waals surface area (Å²) in [6.07, 6.45) is -1.41. The maximum atomic E-state index is 11.5. The first-order valence-electron chi connectivity index (χ1n) is 6.26. The maximum Gasteiger partial charge on any atom is 0.338 e. The van der Waals surface area contributed by atoms with Gasteiger partial charge in [-0.1, -0.05) is 24.3 Å². The van der Waals surface area contributed by atoms with Gasteiger partial charge in [0, 0.05) is 11.8 Å². The molecular formula is C14H16N2O4. The van der Waals surface area contributed by atoms with E-state index in [0.717, 1.165) is 0 Å². The van der Waals surface area contributed by atoms with Gasteiger partial charge >= 0.3 is 5.97 Å². The van der Waals surface area contributed by atoms with Crippen LogP contribution < -0.4 is 0 Å². The van der Waals surface area contributed by atoms with Crippen LogP contribution in [0.1, 0.15) is 18.6 Å². The van der Waals surface area contributed by atoms with Gasteiger partial charge in [-0.15, -0.1) is 0 Å². The third-order valence-electron chi connectivity index (χ3n) is 2.90. The van der Waals surface area contributed by atoms with Crippen LogP contribution in [0.2, 0.25) is 0 Å². The lowest BCUT2D eigenvalue weighted by Crippen LogP contribution is -2.30. The summed E-state index contributed by atoms with van der Waals surface area (Å²) < 4.78 is 4.71. The molecule has 0 bridgehead atoms. The minimum atomic E-state index is -1.63. The third-order valence-corrected chi connectivity index (χ3v) is 2.90. The van der Waals surface area contributed by atoms with E-state index in [1.807, 2.05) is 0 Å². The molecule has 0 aliphatic heterocycles. The lowest BCUT2D eigenvalue weighted by Gasteiger charge is -2.19. The van der Waals surface area contributed by atoms with Gasteiger partial charge in [-0.3, -0.25) is 5.10 Å². The first kappa shape index (κ1) is 14.2. The van der Waals surface area contributed by atoms with Gasteiger partial charge in [-0.25, -0.2) is 4.79 Å². The number of ether oxygens (including phenoxy) is 1. The van der Waals surface area contributed by atoms with E-state index >= 15 is 0 Å². The number of aromatic nitrogens is 2. The summed E-state index contributed by atoms with van der Waals surface area (Å²) in [7, 11) is 0. The van der Waals surface area contributed by atoms with Crippen LogP contribution in [0.25, 0.3) is 11.3 Å².